The Bertz CT molecular complexity index is 189. The lowest BCUT2D eigenvalue weighted by molar-refractivity contribution is 0.716. The van der Waals surface area contributed by atoms with Crippen LogP contribution >= 0.6 is 11.5 Å². The molecule has 1 saturated carbocycles. The van der Waals surface area contributed by atoms with E-state index in [1.54, 1.807) is 17.9 Å². The minimum atomic E-state index is 0.743. The third-order valence-corrected chi connectivity index (χ3v) is 2.91. The van der Waals surface area contributed by atoms with Gasteiger partial charge in [-0.1, -0.05) is 12.8 Å². The van der Waals surface area contributed by atoms with Crippen LogP contribution in [0.4, 0.5) is 0 Å². The fourth-order valence-corrected chi connectivity index (χ4v) is 2.22. The summed E-state index contributed by atoms with van der Waals surface area (Å²) in [7, 11) is 0. The molecule has 0 saturated heterocycles. The van der Waals surface area contributed by atoms with Crippen LogP contribution in [0.5, 0.6) is 0 Å². The van der Waals surface area contributed by atoms with Crippen molar-refractivity contribution in [3.63, 3.8) is 0 Å². The summed E-state index contributed by atoms with van der Waals surface area (Å²) in [4.78, 5) is 4.21. The van der Waals surface area contributed by atoms with Crippen LogP contribution in [0.3, 0.4) is 0 Å². The van der Waals surface area contributed by atoms with Gasteiger partial charge < -0.3 is 0 Å². The average molecular weight is 154 g/mol. The van der Waals surface area contributed by atoms with Crippen molar-refractivity contribution >= 4 is 11.5 Å². The lowest BCUT2D eigenvalue weighted by Gasteiger charge is -2.00. The standard InChI is InChI=1S/C7H10N2S/c1-2-4-6(3-1)7-8-5-9-10-7/h5-6H,1-4H2. The molecule has 0 spiro atoms. The Morgan fingerprint density at radius 2 is 2.20 bits per heavy atom. The summed E-state index contributed by atoms with van der Waals surface area (Å²) in [6.07, 6.45) is 7.08. The number of aromatic nitrogens is 2. The van der Waals surface area contributed by atoms with E-state index in [0.29, 0.717) is 0 Å². The van der Waals surface area contributed by atoms with Gasteiger partial charge in [-0.25, -0.2) is 4.98 Å². The van der Waals surface area contributed by atoms with E-state index in [4.69, 9.17) is 0 Å². The zero-order valence-corrected chi connectivity index (χ0v) is 6.60. The smallest absolute Gasteiger partial charge is 0.129 e. The van der Waals surface area contributed by atoms with Gasteiger partial charge in [0.15, 0.2) is 0 Å². The molecule has 3 heteroatoms. The minimum Gasteiger partial charge on any atom is -0.228 e. The lowest BCUT2D eigenvalue weighted by Crippen LogP contribution is -1.88. The van der Waals surface area contributed by atoms with Crippen LogP contribution in [-0.2, 0) is 0 Å². The predicted molar refractivity (Wildman–Crippen MR) is 41.1 cm³/mol. The fraction of sp³-hybridized carbons (Fsp3) is 0.714. The minimum absolute atomic E-state index is 0.743. The van der Waals surface area contributed by atoms with Crippen molar-refractivity contribution in [2.24, 2.45) is 0 Å². The van der Waals surface area contributed by atoms with Crippen LogP contribution < -0.4 is 0 Å². The first kappa shape index (κ1) is 6.28. The second-order valence-corrected chi connectivity index (χ2v) is 3.57. The van der Waals surface area contributed by atoms with Crippen molar-refractivity contribution in [3.05, 3.63) is 11.3 Å². The van der Waals surface area contributed by atoms with Gasteiger partial charge in [-0.15, -0.1) is 0 Å². The molecule has 2 rings (SSSR count). The van der Waals surface area contributed by atoms with Gasteiger partial charge in [0.25, 0.3) is 0 Å². The molecule has 0 unspecified atom stereocenters. The SMILES string of the molecule is c1nsc(C2CCCC2)n1. The van der Waals surface area contributed by atoms with Gasteiger partial charge in [-0.3, -0.25) is 0 Å². The highest BCUT2D eigenvalue weighted by molar-refractivity contribution is 7.05. The molecule has 2 nitrogen and oxygen atoms in total. The number of rotatable bonds is 1. The van der Waals surface area contributed by atoms with Crippen molar-refractivity contribution in [1.29, 1.82) is 0 Å². The van der Waals surface area contributed by atoms with Crippen molar-refractivity contribution in [2.75, 3.05) is 0 Å². The summed E-state index contributed by atoms with van der Waals surface area (Å²) < 4.78 is 4.00. The van der Waals surface area contributed by atoms with E-state index >= 15 is 0 Å². The molecule has 10 heavy (non-hydrogen) atoms. The highest BCUT2D eigenvalue weighted by atomic mass is 32.1. The first-order valence-electron chi connectivity index (χ1n) is 3.73. The Morgan fingerprint density at radius 3 is 2.80 bits per heavy atom. The van der Waals surface area contributed by atoms with Gasteiger partial charge >= 0.3 is 0 Å². The topological polar surface area (TPSA) is 25.8 Å². The average Bonchev–Trinajstić information content (AvgIpc) is 2.59. The Kier molecular flexibility index (Phi) is 1.67. The second-order valence-electron chi connectivity index (χ2n) is 2.76. The molecular weight excluding hydrogens is 144 g/mol. The molecule has 1 aromatic rings. The van der Waals surface area contributed by atoms with E-state index < -0.39 is 0 Å². The molecule has 1 aliphatic carbocycles. The molecule has 0 amide bonds. The molecule has 0 aliphatic heterocycles. The maximum atomic E-state index is 4.21. The van der Waals surface area contributed by atoms with Gasteiger partial charge in [-0.05, 0) is 24.4 Å². The summed E-state index contributed by atoms with van der Waals surface area (Å²) in [5.74, 6) is 0.743. The number of hydrogen-bond acceptors (Lipinski definition) is 3. The van der Waals surface area contributed by atoms with Crippen LogP contribution in [0, 0.1) is 0 Å². The third-order valence-electron chi connectivity index (χ3n) is 2.08. The monoisotopic (exact) mass is 154 g/mol. The van der Waals surface area contributed by atoms with E-state index in [0.717, 1.165) is 5.92 Å². The molecule has 1 heterocycles. The van der Waals surface area contributed by atoms with Crippen LogP contribution in [0.2, 0.25) is 0 Å². The number of hydrogen-bond donors (Lipinski definition) is 0. The molecule has 0 radical (unpaired) electrons. The van der Waals surface area contributed by atoms with E-state index in [1.807, 2.05) is 0 Å². The maximum Gasteiger partial charge on any atom is 0.129 e. The first-order chi connectivity index (χ1) is 4.97. The van der Waals surface area contributed by atoms with Crippen molar-refractivity contribution in [2.45, 2.75) is 31.6 Å². The number of nitrogens with zero attached hydrogens (tertiary/aromatic N) is 2. The molecular formula is C7H10N2S. The second kappa shape index (κ2) is 2.66. The van der Waals surface area contributed by atoms with Crippen molar-refractivity contribution in [1.82, 2.24) is 9.36 Å². The lowest BCUT2D eigenvalue weighted by atomic mass is 10.1. The zero-order chi connectivity index (χ0) is 6.81. The van der Waals surface area contributed by atoms with Crippen LogP contribution in [0.1, 0.15) is 36.6 Å². The Balaban J connectivity index is 2.12. The molecule has 54 valence electrons. The zero-order valence-electron chi connectivity index (χ0n) is 5.79. The molecule has 1 fully saturated rings. The Hall–Kier alpha value is -0.440. The summed E-state index contributed by atoms with van der Waals surface area (Å²) in [6, 6.07) is 0. The van der Waals surface area contributed by atoms with Gasteiger partial charge in [0, 0.05) is 5.92 Å². The maximum absolute atomic E-state index is 4.21. The van der Waals surface area contributed by atoms with Crippen molar-refractivity contribution < 1.29 is 0 Å². The molecule has 1 aromatic heterocycles. The summed E-state index contributed by atoms with van der Waals surface area (Å²) >= 11 is 1.56. The summed E-state index contributed by atoms with van der Waals surface area (Å²) in [5, 5.41) is 1.25. The van der Waals surface area contributed by atoms with Crippen LogP contribution in [0.15, 0.2) is 6.33 Å². The largest absolute Gasteiger partial charge is 0.228 e. The normalized spacial score (nSPS) is 20.0. The quantitative estimate of drug-likeness (QED) is 0.619. The highest BCUT2D eigenvalue weighted by Gasteiger charge is 2.18. The first-order valence-corrected chi connectivity index (χ1v) is 4.51. The van der Waals surface area contributed by atoms with E-state index in [1.165, 1.54) is 30.7 Å². The summed E-state index contributed by atoms with van der Waals surface area (Å²) in [5.41, 5.74) is 0. The Morgan fingerprint density at radius 1 is 1.40 bits per heavy atom. The molecule has 0 bridgehead atoms. The molecule has 0 atom stereocenters. The molecule has 0 N–H and O–H groups in total. The van der Waals surface area contributed by atoms with Crippen LogP contribution in [-0.4, -0.2) is 9.36 Å². The van der Waals surface area contributed by atoms with Gasteiger partial charge in [0.2, 0.25) is 0 Å². The molecule has 1 aliphatic rings. The van der Waals surface area contributed by atoms with Gasteiger partial charge in [0.05, 0.1) is 0 Å². The van der Waals surface area contributed by atoms with Gasteiger partial charge in [0.1, 0.15) is 11.3 Å². The predicted octanol–water partition coefficient (Wildman–Crippen LogP) is 2.20. The Labute approximate surface area is 64.5 Å². The fourth-order valence-electron chi connectivity index (χ4n) is 1.53. The highest BCUT2D eigenvalue weighted by Crippen LogP contribution is 2.33. The van der Waals surface area contributed by atoms with E-state index in [2.05, 4.69) is 9.36 Å². The van der Waals surface area contributed by atoms with Crippen molar-refractivity contribution in [3.8, 4) is 0 Å². The third kappa shape index (κ3) is 1.06. The van der Waals surface area contributed by atoms with Gasteiger partial charge in [-0.2, -0.15) is 4.37 Å². The summed E-state index contributed by atoms with van der Waals surface area (Å²) in [6.45, 7) is 0. The van der Waals surface area contributed by atoms with Crippen LogP contribution in [0.25, 0.3) is 0 Å². The molecule has 0 aromatic carbocycles. The van der Waals surface area contributed by atoms with E-state index in [9.17, 15) is 0 Å². The van der Waals surface area contributed by atoms with E-state index in [-0.39, 0.29) is 0 Å².